The summed E-state index contributed by atoms with van der Waals surface area (Å²) in [4.78, 5) is 18.8. The highest BCUT2D eigenvalue weighted by molar-refractivity contribution is 5.74. The van der Waals surface area contributed by atoms with Crippen LogP contribution < -0.4 is 15.5 Å². The molecule has 2 amide bonds. The van der Waals surface area contributed by atoms with Gasteiger partial charge in [-0.3, -0.25) is 0 Å². The zero-order valence-electron chi connectivity index (χ0n) is 15.2. The third-order valence-electron chi connectivity index (χ3n) is 4.67. The van der Waals surface area contributed by atoms with Gasteiger partial charge in [0.2, 0.25) is 0 Å². The fourth-order valence-electron chi connectivity index (χ4n) is 3.19. The van der Waals surface area contributed by atoms with Gasteiger partial charge < -0.3 is 20.6 Å². The molecule has 1 saturated heterocycles. The molecule has 6 nitrogen and oxygen atoms in total. The fraction of sp³-hybridized carbons (Fsp3) is 0.400. The highest BCUT2D eigenvalue weighted by Crippen LogP contribution is 2.21. The minimum atomic E-state index is -0.890. The van der Waals surface area contributed by atoms with Crippen molar-refractivity contribution in [3.8, 4) is 0 Å². The van der Waals surface area contributed by atoms with Crippen LogP contribution in [0, 0.1) is 5.82 Å². The van der Waals surface area contributed by atoms with Gasteiger partial charge in [0, 0.05) is 37.9 Å². The van der Waals surface area contributed by atoms with Crippen molar-refractivity contribution in [2.24, 2.45) is 0 Å². The van der Waals surface area contributed by atoms with Crippen LogP contribution in [0.25, 0.3) is 0 Å². The van der Waals surface area contributed by atoms with E-state index in [9.17, 15) is 14.3 Å². The van der Waals surface area contributed by atoms with Crippen LogP contribution in [0.2, 0.25) is 0 Å². The maximum atomic E-state index is 12.9. The number of pyridine rings is 1. The maximum Gasteiger partial charge on any atom is 0.315 e. The summed E-state index contributed by atoms with van der Waals surface area (Å²) < 4.78 is 12.9. The Morgan fingerprint density at radius 1 is 1.15 bits per heavy atom. The summed E-state index contributed by atoms with van der Waals surface area (Å²) in [6.07, 6.45) is 4.44. The fourth-order valence-corrected chi connectivity index (χ4v) is 3.19. The molecule has 0 bridgehead atoms. The van der Waals surface area contributed by atoms with Gasteiger partial charge in [-0.05, 0) is 43.0 Å². The Bertz CT molecular complexity index is 748. The van der Waals surface area contributed by atoms with Crippen molar-refractivity contribution in [3.63, 3.8) is 0 Å². The average molecular weight is 372 g/mol. The Hall–Kier alpha value is -2.67. The van der Waals surface area contributed by atoms with Crippen LogP contribution >= 0.6 is 0 Å². The molecule has 3 N–H and O–H groups in total. The van der Waals surface area contributed by atoms with E-state index >= 15 is 0 Å². The van der Waals surface area contributed by atoms with Crippen LogP contribution in [0.5, 0.6) is 0 Å². The molecule has 3 rings (SSSR count). The highest BCUT2D eigenvalue weighted by atomic mass is 19.1. The lowest BCUT2D eigenvalue weighted by Gasteiger charge is -2.29. The molecule has 0 saturated carbocycles. The summed E-state index contributed by atoms with van der Waals surface area (Å²) in [5.74, 6) is 0.557. The third kappa shape index (κ3) is 5.40. The number of aliphatic hydroxyl groups is 1. The van der Waals surface area contributed by atoms with E-state index in [-0.39, 0.29) is 18.4 Å². The molecular weight excluding hydrogens is 347 g/mol. The molecule has 0 aliphatic carbocycles. The van der Waals surface area contributed by atoms with Crippen LogP contribution in [-0.4, -0.2) is 35.8 Å². The smallest absolute Gasteiger partial charge is 0.315 e. The number of hydrogen-bond donors (Lipinski definition) is 3. The Balaban J connectivity index is 1.50. The number of aliphatic hydroxyl groups excluding tert-OH is 1. The molecule has 0 spiro atoms. The van der Waals surface area contributed by atoms with Gasteiger partial charge in [-0.15, -0.1) is 0 Å². The maximum absolute atomic E-state index is 12.9. The van der Waals surface area contributed by atoms with Gasteiger partial charge in [-0.1, -0.05) is 18.2 Å². The van der Waals surface area contributed by atoms with E-state index in [1.165, 1.54) is 30.7 Å². The summed E-state index contributed by atoms with van der Waals surface area (Å²) in [5, 5.41) is 15.5. The van der Waals surface area contributed by atoms with Crippen LogP contribution in [-0.2, 0) is 6.54 Å². The number of aromatic nitrogens is 1. The molecule has 1 atom stereocenters. The number of nitrogens with zero attached hydrogens (tertiary/aromatic N) is 2. The molecule has 1 aliphatic heterocycles. The molecule has 0 radical (unpaired) electrons. The van der Waals surface area contributed by atoms with Gasteiger partial charge in [0.25, 0.3) is 0 Å². The number of benzene rings is 1. The van der Waals surface area contributed by atoms with Gasteiger partial charge in [-0.25, -0.2) is 14.2 Å². The molecule has 1 aromatic heterocycles. The van der Waals surface area contributed by atoms with E-state index in [1.807, 2.05) is 12.1 Å². The Morgan fingerprint density at radius 2 is 1.89 bits per heavy atom. The second kappa shape index (κ2) is 9.32. The number of anilines is 1. The van der Waals surface area contributed by atoms with E-state index in [0.29, 0.717) is 12.1 Å². The lowest BCUT2D eigenvalue weighted by Crippen LogP contribution is -2.38. The van der Waals surface area contributed by atoms with Crippen LogP contribution in [0.4, 0.5) is 15.0 Å². The number of urea groups is 1. The third-order valence-corrected chi connectivity index (χ3v) is 4.67. The zero-order chi connectivity index (χ0) is 19.1. The molecule has 1 fully saturated rings. The summed E-state index contributed by atoms with van der Waals surface area (Å²) in [7, 11) is 0. The van der Waals surface area contributed by atoms with Gasteiger partial charge in [0.05, 0.1) is 6.10 Å². The second-order valence-electron chi connectivity index (χ2n) is 6.66. The topological polar surface area (TPSA) is 77.5 Å². The predicted molar refractivity (Wildman–Crippen MR) is 102 cm³/mol. The summed E-state index contributed by atoms with van der Waals surface area (Å²) in [6, 6.07) is 9.02. The lowest BCUT2D eigenvalue weighted by molar-refractivity contribution is 0.173. The summed E-state index contributed by atoms with van der Waals surface area (Å²) in [5.41, 5.74) is 1.52. The first-order valence-electron chi connectivity index (χ1n) is 9.27. The number of carbonyl (C=O) groups is 1. The standard InChI is InChI=1S/C20H25FN4O2/c21-17-8-6-15(7-9-17)18(26)14-24-20(27)23-13-16-5-4-10-22-19(16)25-11-2-1-3-12-25/h4-10,18,26H,1-3,11-14H2,(H2,23,24,27). The van der Waals surface area contributed by atoms with E-state index in [4.69, 9.17) is 0 Å². The molecule has 2 heterocycles. The molecule has 7 heteroatoms. The van der Waals surface area contributed by atoms with Gasteiger partial charge in [-0.2, -0.15) is 0 Å². The van der Waals surface area contributed by atoms with E-state index in [1.54, 1.807) is 6.20 Å². The number of nitrogens with one attached hydrogen (secondary N) is 2. The zero-order valence-corrected chi connectivity index (χ0v) is 15.2. The first-order valence-corrected chi connectivity index (χ1v) is 9.27. The van der Waals surface area contributed by atoms with Gasteiger partial charge >= 0.3 is 6.03 Å². The van der Waals surface area contributed by atoms with Crippen molar-refractivity contribution in [1.82, 2.24) is 15.6 Å². The van der Waals surface area contributed by atoms with E-state index < -0.39 is 6.10 Å². The van der Waals surface area contributed by atoms with Crippen molar-refractivity contribution in [2.75, 3.05) is 24.5 Å². The molecule has 1 aromatic carbocycles. The summed E-state index contributed by atoms with van der Waals surface area (Å²) >= 11 is 0. The number of carbonyl (C=O) groups excluding carboxylic acids is 1. The van der Waals surface area contributed by atoms with Crippen LogP contribution in [0.15, 0.2) is 42.6 Å². The first-order chi connectivity index (χ1) is 13.1. The van der Waals surface area contributed by atoms with Crippen LogP contribution in [0.3, 0.4) is 0 Å². The SMILES string of the molecule is O=C(NCc1cccnc1N1CCCCC1)NCC(O)c1ccc(F)cc1. The van der Waals surface area contributed by atoms with E-state index in [2.05, 4.69) is 20.5 Å². The molecule has 2 aromatic rings. The van der Waals surface area contributed by atoms with Crippen LogP contribution in [0.1, 0.15) is 36.5 Å². The van der Waals surface area contributed by atoms with Crippen molar-refractivity contribution in [2.45, 2.75) is 31.9 Å². The van der Waals surface area contributed by atoms with Gasteiger partial charge in [0.1, 0.15) is 11.6 Å². The molecule has 144 valence electrons. The average Bonchev–Trinajstić information content (AvgIpc) is 2.72. The first kappa shape index (κ1) is 19.1. The van der Waals surface area contributed by atoms with E-state index in [0.717, 1.165) is 37.3 Å². The Labute approximate surface area is 158 Å². The number of piperidine rings is 1. The number of hydrogen-bond acceptors (Lipinski definition) is 4. The monoisotopic (exact) mass is 372 g/mol. The second-order valence-corrected chi connectivity index (χ2v) is 6.66. The number of rotatable bonds is 6. The van der Waals surface area contributed by atoms with Crippen molar-refractivity contribution < 1.29 is 14.3 Å². The minimum Gasteiger partial charge on any atom is -0.387 e. The largest absolute Gasteiger partial charge is 0.387 e. The normalized spacial score (nSPS) is 15.3. The van der Waals surface area contributed by atoms with Crippen molar-refractivity contribution in [3.05, 3.63) is 59.5 Å². The van der Waals surface area contributed by atoms with Gasteiger partial charge in [0.15, 0.2) is 0 Å². The van der Waals surface area contributed by atoms with Crippen molar-refractivity contribution in [1.29, 1.82) is 0 Å². The number of amides is 2. The molecule has 1 aliphatic rings. The predicted octanol–water partition coefficient (Wildman–Crippen LogP) is 2.74. The Kier molecular flexibility index (Phi) is 6.59. The van der Waals surface area contributed by atoms with Crippen molar-refractivity contribution >= 4 is 11.8 Å². The number of halogens is 1. The highest BCUT2D eigenvalue weighted by Gasteiger charge is 2.16. The lowest BCUT2D eigenvalue weighted by atomic mass is 10.1. The quantitative estimate of drug-likeness (QED) is 0.729. The Morgan fingerprint density at radius 3 is 2.63 bits per heavy atom. The minimum absolute atomic E-state index is 0.0451. The molecule has 1 unspecified atom stereocenters. The summed E-state index contributed by atoms with van der Waals surface area (Å²) in [6.45, 7) is 2.38. The molecule has 27 heavy (non-hydrogen) atoms. The molecular formula is C20H25FN4O2.